The molecule has 1 heteroatoms. The quantitative estimate of drug-likeness (QED) is 0.364. The van der Waals surface area contributed by atoms with Crippen molar-refractivity contribution in [1.29, 1.82) is 0 Å². The van der Waals surface area contributed by atoms with E-state index < -0.39 is 0 Å². The summed E-state index contributed by atoms with van der Waals surface area (Å²) in [6.07, 6.45) is 9.04. The Balaban J connectivity index is 1.87. The molecule has 21 heavy (non-hydrogen) atoms. The molecule has 1 fully saturated rings. The van der Waals surface area contributed by atoms with Crippen molar-refractivity contribution in [2.75, 3.05) is 0 Å². The SMILES string of the molecule is C=C(C)CC1(CCC[Si]c2ccccc2)CCCCC1=C. The van der Waals surface area contributed by atoms with Crippen LogP contribution in [0.15, 0.2) is 54.6 Å². The van der Waals surface area contributed by atoms with Crippen molar-refractivity contribution in [3.05, 3.63) is 54.6 Å². The van der Waals surface area contributed by atoms with E-state index in [9.17, 15) is 0 Å². The van der Waals surface area contributed by atoms with Crippen molar-refractivity contribution in [2.24, 2.45) is 5.41 Å². The lowest BCUT2D eigenvalue weighted by atomic mass is 9.65. The summed E-state index contributed by atoms with van der Waals surface area (Å²) >= 11 is 0. The Morgan fingerprint density at radius 3 is 2.67 bits per heavy atom. The lowest BCUT2D eigenvalue weighted by molar-refractivity contribution is 0.248. The van der Waals surface area contributed by atoms with E-state index in [1.165, 1.54) is 60.9 Å². The largest absolute Gasteiger partial charge is 0.100 e. The van der Waals surface area contributed by atoms with Crippen molar-refractivity contribution in [1.82, 2.24) is 0 Å². The summed E-state index contributed by atoms with van der Waals surface area (Å²) in [5.41, 5.74) is 3.19. The molecule has 0 nitrogen and oxygen atoms in total. The van der Waals surface area contributed by atoms with Gasteiger partial charge in [-0.2, -0.15) is 0 Å². The van der Waals surface area contributed by atoms with E-state index in [0.29, 0.717) is 5.41 Å². The predicted molar refractivity (Wildman–Crippen MR) is 95.3 cm³/mol. The first-order chi connectivity index (χ1) is 10.1. The smallest absolute Gasteiger partial charge is 0.0807 e. The first kappa shape index (κ1) is 16.3. The van der Waals surface area contributed by atoms with E-state index in [1.54, 1.807) is 0 Å². The summed E-state index contributed by atoms with van der Waals surface area (Å²) in [6.45, 7) is 10.8. The fourth-order valence-electron chi connectivity index (χ4n) is 3.64. The third-order valence-corrected chi connectivity index (χ3v) is 6.05. The molecule has 1 atom stereocenters. The second-order valence-corrected chi connectivity index (χ2v) is 8.05. The highest BCUT2D eigenvalue weighted by atomic mass is 28.2. The summed E-state index contributed by atoms with van der Waals surface area (Å²) < 4.78 is 0. The molecule has 0 spiro atoms. The Morgan fingerprint density at radius 2 is 2.00 bits per heavy atom. The maximum absolute atomic E-state index is 4.42. The summed E-state index contributed by atoms with van der Waals surface area (Å²) in [5.74, 6) is 0. The fourth-order valence-corrected chi connectivity index (χ4v) is 4.71. The van der Waals surface area contributed by atoms with Gasteiger partial charge in [-0.15, -0.1) is 6.58 Å². The van der Waals surface area contributed by atoms with E-state index in [0.717, 1.165) is 15.9 Å². The third kappa shape index (κ3) is 4.71. The van der Waals surface area contributed by atoms with Crippen LogP contribution >= 0.6 is 0 Å². The maximum atomic E-state index is 4.42. The average molecular weight is 297 g/mol. The van der Waals surface area contributed by atoms with Gasteiger partial charge in [-0.05, 0) is 44.4 Å². The molecule has 1 aromatic carbocycles. The minimum absolute atomic E-state index is 0.366. The molecule has 1 aliphatic rings. The number of allylic oxidation sites excluding steroid dienone is 2. The lowest BCUT2D eigenvalue weighted by Gasteiger charge is -2.40. The zero-order valence-electron chi connectivity index (χ0n) is 13.5. The number of hydrogen-bond donors (Lipinski definition) is 0. The van der Waals surface area contributed by atoms with E-state index in [1.807, 2.05) is 0 Å². The molecular formula is C20H28Si. The molecule has 0 aliphatic heterocycles. The van der Waals surface area contributed by atoms with Crippen LogP contribution in [0, 0.1) is 5.41 Å². The van der Waals surface area contributed by atoms with Crippen LogP contribution in [0.1, 0.15) is 51.9 Å². The Hall–Kier alpha value is -1.08. The van der Waals surface area contributed by atoms with Gasteiger partial charge in [0, 0.05) is 0 Å². The van der Waals surface area contributed by atoms with Crippen molar-refractivity contribution in [2.45, 2.75) is 57.9 Å². The van der Waals surface area contributed by atoms with Gasteiger partial charge in [0.1, 0.15) is 0 Å². The lowest BCUT2D eigenvalue weighted by Crippen LogP contribution is -2.27. The molecule has 1 aromatic rings. The molecule has 0 aromatic heterocycles. The van der Waals surface area contributed by atoms with Crippen molar-refractivity contribution in [3.8, 4) is 0 Å². The van der Waals surface area contributed by atoms with Gasteiger partial charge in [0.05, 0.1) is 9.52 Å². The van der Waals surface area contributed by atoms with Crippen molar-refractivity contribution >= 4 is 14.7 Å². The highest BCUT2D eigenvalue weighted by molar-refractivity contribution is 6.53. The molecule has 0 amide bonds. The Labute approximate surface area is 133 Å². The monoisotopic (exact) mass is 296 g/mol. The molecule has 0 N–H and O–H groups in total. The van der Waals surface area contributed by atoms with Gasteiger partial charge in [-0.3, -0.25) is 0 Å². The highest BCUT2D eigenvalue weighted by Crippen LogP contribution is 2.47. The molecule has 0 heterocycles. The van der Waals surface area contributed by atoms with Crippen LogP contribution in [-0.2, 0) is 0 Å². The summed E-state index contributed by atoms with van der Waals surface area (Å²) in [4.78, 5) is 0. The van der Waals surface area contributed by atoms with Crippen LogP contribution in [0.4, 0.5) is 0 Å². The summed E-state index contributed by atoms with van der Waals surface area (Å²) in [7, 11) is 0.948. The molecule has 1 saturated carbocycles. The molecule has 2 rings (SSSR count). The molecule has 1 unspecified atom stereocenters. The standard InChI is InChI=1S/C20H28Si/c1-17(2)16-20(13-8-7-10-18(20)3)14-9-15-21-19-11-5-4-6-12-19/h4-6,11-12H,1,3,7-10,13-16H2,2H3. The molecule has 0 bridgehead atoms. The van der Waals surface area contributed by atoms with Gasteiger partial charge >= 0.3 is 0 Å². The Kier molecular flexibility index (Phi) is 6.04. The predicted octanol–water partition coefficient (Wildman–Crippen LogP) is 5.30. The van der Waals surface area contributed by atoms with Crippen LogP contribution in [0.25, 0.3) is 0 Å². The fraction of sp³-hybridized carbons (Fsp3) is 0.500. The van der Waals surface area contributed by atoms with E-state index in [4.69, 9.17) is 0 Å². The Morgan fingerprint density at radius 1 is 1.24 bits per heavy atom. The number of benzene rings is 1. The zero-order chi connectivity index (χ0) is 15.1. The Bertz CT molecular complexity index is 474. The number of rotatable bonds is 7. The minimum Gasteiger partial charge on any atom is -0.100 e. The topological polar surface area (TPSA) is 0 Å². The van der Waals surface area contributed by atoms with Crippen LogP contribution in [0.3, 0.4) is 0 Å². The first-order valence-corrected chi connectivity index (χ1v) is 9.45. The van der Waals surface area contributed by atoms with Crippen LogP contribution in [-0.4, -0.2) is 9.52 Å². The van der Waals surface area contributed by atoms with Crippen LogP contribution in [0.2, 0.25) is 6.04 Å². The van der Waals surface area contributed by atoms with Gasteiger partial charge in [-0.25, -0.2) is 0 Å². The summed E-state index contributed by atoms with van der Waals surface area (Å²) in [6, 6.07) is 12.2. The maximum Gasteiger partial charge on any atom is 0.0807 e. The summed E-state index contributed by atoms with van der Waals surface area (Å²) in [5, 5.41) is 1.49. The first-order valence-electron chi connectivity index (χ1n) is 8.24. The second kappa shape index (κ2) is 7.79. The van der Waals surface area contributed by atoms with E-state index in [2.05, 4.69) is 50.4 Å². The zero-order valence-corrected chi connectivity index (χ0v) is 14.5. The van der Waals surface area contributed by atoms with Gasteiger partial charge in [-0.1, -0.05) is 72.1 Å². The van der Waals surface area contributed by atoms with Crippen LogP contribution in [0.5, 0.6) is 0 Å². The number of hydrogen-bond acceptors (Lipinski definition) is 0. The van der Waals surface area contributed by atoms with Gasteiger partial charge in [0.2, 0.25) is 0 Å². The third-order valence-electron chi connectivity index (χ3n) is 4.71. The molecule has 0 saturated heterocycles. The van der Waals surface area contributed by atoms with E-state index in [-0.39, 0.29) is 0 Å². The van der Waals surface area contributed by atoms with Crippen LogP contribution < -0.4 is 5.19 Å². The average Bonchev–Trinajstić information content (AvgIpc) is 2.47. The highest BCUT2D eigenvalue weighted by Gasteiger charge is 2.34. The molecule has 1 aliphatic carbocycles. The van der Waals surface area contributed by atoms with Crippen molar-refractivity contribution in [3.63, 3.8) is 0 Å². The molecule has 112 valence electrons. The normalized spacial score (nSPS) is 22.2. The van der Waals surface area contributed by atoms with Crippen molar-refractivity contribution < 1.29 is 0 Å². The van der Waals surface area contributed by atoms with Gasteiger partial charge < -0.3 is 0 Å². The molecule has 2 radical (unpaired) electrons. The van der Waals surface area contributed by atoms with E-state index >= 15 is 0 Å². The molecular weight excluding hydrogens is 268 g/mol. The van der Waals surface area contributed by atoms with Gasteiger partial charge in [0.15, 0.2) is 0 Å². The minimum atomic E-state index is 0.366. The second-order valence-electron chi connectivity index (χ2n) is 6.62. The van der Waals surface area contributed by atoms with Gasteiger partial charge in [0.25, 0.3) is 0 Å².